The molecule has 6 nitrogen and oxygen atoms in total. The van der Waals surface area contributed by atoms with Crippen molar-refractivity contribution in [3.05, 3.63) is 30.1 Å². The zero-order valence-electron chi connectivity index (χ0n) is 14.2. The number of rotatable bonds is 6. The summed E-state index contributed by atoms with van der Waals surface area (Å²) in [6.07, 6.45) is 3.96. The molecule has 0 bridgehead atoms. The number of H-pyrrole nitrogens is 1. The molecule has 2 heterocycles. The number of hydrogen-bond donors (Lipinski definition) is 3. The molecular weight excluding hydrogens is 304 g/mol. The van der Waals surface area contributed by atoms with Gasteiger partial charge in [0, 0.05) is 25.6 Å². The molecule has 2 amide bonds. The normalized spacial score (nSPS) is 18.9. The number of fused-ring (bicyclic) bond motifs is 1. The first-order valence-corrected chi connectivity index (χ1v) is 8.79. The second kappa shape index (κ2) is 7.66. The molecule has 0 saturated carbocycles. The van der Waals surface area contributed by atoms with Crippen LogP contribution in [-0.4, -0.2) is 51.2 Å². The van der Waals surface area contributed by atoms with Crippen LogP contribution in [0.15, 0.2) is 24.3 Å². The van der Waals surface area contributed by atoms with Crippen LogP contribution in [0.25, 0.3) is 11.0 Å². The summed E-state index contributed by atoms with van der Waals surface area (Å²) < 4.78 is 0. The summed E-state index contributed by atoms with van der Waals surface area (Å²) in [5.41, 5.74) is 2.03. The standard InChI is InChI=1S/C18H26N4O2/c1-13(23)12-14-6-5-11-22(14)18(24)19-10-4-9-17-20-15-7-2-3-8-16(15)21-17/h2-3,7-8,13-14,23H,4-6,9-12H2,1H3,(H,19,24)(H,20,21)/t13-,14-/m1/s1. The summed E-state index contributed by atoms with van der Waals surface area (Å²) in [5.74, 6) is 0.957. The van der Waals surface area contributed by atoms with E-state index in [-0.39, 0.29) is 18.2 Å². The Labute approximate surface area is 142 Å². The highest BCUT2D eigenvalue weighted by molar-refractivity contribution is 5.75. The smallest absolute Gasteiger partial charge is 0.317 e. The molecule has 3 rings (SSSR count). The van der Waals surface area contributed by atoms with Gasteiger partial charge in [-0.2, -0.15) is 0 Å². The van der Waals surface area contributed by atoms with Gasteiger partial charge in [0.1, 0.15) is 5.82 Å². The van der Waals surface area contributed by atoms with E-state index in [4.69, 9.17) is 0 Å². The van der Waals surface area contributed by atoms with Gasteiger partial charge in [-0.25, -0.2) is 9.78 Å². The Hall–Kier alpha value is -2.08. The number of hydrogen-bond acceptors (Lipinski definition) is 3. The first kappa shape index (κ1) is 16.8. The molecule has 0 aliphatic carbocycles. The van der Waals surface area contributed by atoms with Crippen molar-refractivity contribution < 1.29 is 9.90 Å². The van der Waals surface area contributed by atoms with E-state index in [2.05, 4.69) is 15.3 Å². The van der Waals surface area contributed by atoms with Crippen LogP contribution in [-0.2, 0) is 6.42 Å². The van der Waals surface area contributed by atoms with Crippen molar-refractivity contribution in [3.8, 4) is 0 Å². The number of nitrogens with one attached hydrogen (secondary N) is 2. The number of aryl methyl sites for hydroxylation is 1. The van der Waals surface area contributed by atoms with E-state index in [0.29, 0.717) is 13.0 Å². The minimum Gasteiger partial charge on any atom is -0.393 e. The van der Waals surface area contributed by atoms with Crippen molar-refractivity contribution in [3.63, 3.8) is 0 Å². The molecule has 0 unspecified atom stereocenters. The molecule has 0 spiro atoms. The highest BCUT2D eigenvalue weighted by Crippen LogP contribution is 2.21. The topological polar surface area (TPSA) is 81.2 Å². The SMILES string of the molecule is C[C@@H](O)C[C@H]1CCCN1C(=O)NCCCc1nc2ccccc2[nH]1. The molecule has 6 heteroatoms. The van der Waals surface area contributed by atoms with E-state index in [1.165, 1.54) is 0 Å². The number of carbonyl (C=O) groups is 1. The number of urea groups is 1. The zero-order chi connectivity index (χ0) is 16.9. The number of carbonyl (C=O) groups excluding carboxylic acids is 1. The van der Waals surface area contributed by atoms with E-state index in [9.17, 15) is 9.90 Å². The Morgan fingerprint density at radius 3 is 3.12 bits per heavy atom. The number of imidazole rings is 1. The molecule has 2 aromatic rings. The Morgan fingerprint density at radius 2 is 2.33 bits per heavy atom. The number of likely N-dealkylation sites (tertiary alicyclic amines) is 1. The van der Waals surface area contributed by atoms with Gasteiger partial charge in [-0.05, 0) is 44.7 Å². The number of benzene rings is 1. The van der Waals surface area contributed by atoms with Gasteiger partial charge >= 0.3 is 6.03 Å². The second-order valence-corrected chi connectivity index (χ2v) is 6.61. The summed E-state index contributed by atoms with van der Waals surface area (Å²) >= 11 is 0. The molecule has 1 saturated heterocycles. The maximum Gasteiger partial charge on any atom is 0.317 e. The van der Waals surface area contributed by atoms with E-state index < -0.39 is 0 Å². The minimum atomic E-state index is -0.364. The molecule has 130 valence electrons. The first-order chi connectivity index (χ1) is 11.6. The summed E-state index contributed by atoms with van der Waals surface area (Å²) in [4.78, 5) is 22.0. The van der Waals surface area contributed by atoms with Gasteiger partial charge in [-0.15, -0.1) is 0 Å². The largest absolute Gasteiger partial charge is 0.393 e. The van der Waals surface area contributed by atoms with Crippen LogP contribution < -0.4 is 5.32 Å². The molecule has 1 aliphatic heterocycles. The zero-order valence-corrected chi connectivity index (χ0v) is 14.2. The highest BCUT2D eigenvalue weighted by Gasteiger charge is 2.29. The summed E-state index contributed by atoms with van der Waals surface area (Å²) in [7, 11) is 0. The van der Waals surface area contributed by atoms with Gasteiger partial charge in [0.15, 0.2) is 0 Å². The van der Waals surface area contributed by atoms with Crippen LogP contribution >= 0.6 is 0 Å². The van der Waals surface area contributed by atoms with Gasteiger partial charge < -0.3 is 20.3 Å². The Balaban J connectivity index is 1.43. The molecule has 1 aromatic carbocycles. The number of aliphatic hydroxyl groups excluding tert-OH is 1. The van der Waals surface area contributed by atoms with Crippen LogP contribution in [0.3, 0.4) is 0 Å². The summed E-state index contributed by atoms with van der Waals surface area (Å²) in [6.45, 7) is 3.20. The van der Waals surface area contributed by atoms with Crippen molar-refractivity contribution >= 4 is 17.1 Å². The summed E-state index contributed by atoms with van der Waals surface area (Å²) in [6, 6.07) is 8.13. The van der Waals surface area contributed by atoms with Crippen LogP contribution in [0.4, 0.5) is 4.79 Å². The lowest BCUT2D eigenvalue weighted by atomic mass is 10.1. The number of nitrogens with zero attached hydrogens (tertiary/aromatic N) is 2. The number of aromatic nitrogens is 2. The molecule has 1 aliphatic rings. The molecule has 24 heavy (non-hydrogen) atoms. The number of aromatic amines is 1. The fraction of sp³-hybridized carbons (Fsp3) is 0.556. The Kier molecular flexibility index (Phi) is 5.35. The van der Waals surface area contributed by atoms with Gasteiger partial charge in [0.05, 0.1) is 17.1 Å². The van der Waals surface area contributed by atoms with Crippen LogP contribution in [0.5, 0.6) is 0 Å². The lowest BCUT2D eigenvalue weighted by Crippen LogP contribution is -2.44. The molecule has 0 radical (unpaired) electrons. The van der Waals surface area contributed by atoms with Crippen molar-refractivity contribution in [2.24, 2.45) is 0 Å². The maximum atomic E-state index is 12.3. The predicted molar refractivity (Wildman–Crippen MR) is 93.8 cm³/mol. The molecule has 2 atom stereocenters. The fourth-order valence-corrected chi connectivity index (χ4v) is 3.42. The molecular formula is C18H26N4O2. The van der Waals surface area contributed by atoms with Crippen LogP contribution in [0.1, 0.15) is 38.4 Å². The Morgan fingerprint density at radius 1 is 1.50 bits per heavy atom. The first-order valence-electron chi connectivity index (χ1n) is 8.79. The lowest BCUT2D eigenvalue weighted by Gasteiger charge is -2.25. The Bertz CT molecular complexity index is 649. The van der Waals surface area contributed by atoms with Crippen molar-refractivity contribution in [2.75, 3.05) is 13.1 Å². The van der Waals surface area contributed by atoms with E-state index in [1.807, 2.05) is 29.2 Å². The van der Waals surface area contributed by atoms with E-state index >= 15 is 0 Å². The quantitative estimate of drug-likeness (QED) is 0.712. The monoisotopic (exact) mass is 330 g/mol. The molecule has 3 N–H and O–H groups in total. The van der Waals surface area contributed by atoms with E-state index in [1.54, 1.807) is 6.92 Å². The average molecular weight is 330 g/mol. The van der Waals surface area contributed by atoms with Crippen molar-refractivity contribution in [2.45, 2.75) is 51.2 Å². The second-order valence-electron chi connectivity index (χ2n) is 6.61. The molecule has 1 aromatic heterocycles. The van der Waals surface area contributed by atoms with Gasteiger partial charge in [-0.1, -0.05) is 12.1 Å². The van der Waals surface area contributed by atoms with Gasteiger partial charge in [-0.3, -0.25) is 0 Å². The van der Waals surface area contributed by atoms with Crippen LogP contribution in [0, 0.1) is 0 Å². The van der Waals surface area contributed by atoms with Gasteiger partial charge in [0.2, 0.25) is 0 Å². The van der Waals surface area contributed by atoms with Crippen molar-refractivity contribution in [1.82, 2.24) is 20.2 Å². The highest BCUT2D eigenvalue weighted by atomic mass is 16.3. The summed E-state index contributed by atoms with van der Waals surface area (Å²) in [5, 5.41) is 12.5. The number of aliphatic hydroxyl groups is 1. The number of amides is 2. The molecule has 1 fully saturated rings. The number of para-hydroxylation sites is 2. The third-order valence-corrected chi connectivity index (χ3v) is 4.56. The maximum absolute atomic E-state index is 12.3. The fourth-order valence-electron chi connectivity index (χ4n) is 3.42. The van der Waals surface area contributed by atoms with Gasteiger partial charge in [0.25, 0.3) is 0 Å². The third-order valence-electron chi connectivity index (χ3n) is 4.56. The van der Waals surface area contributed by atoms with E-state index in [0.717, 1.165) is 49.1 Å². The van der Waals surface area contributed by atoms with Crippen LogP contribution in [0.2, 0.25) is 0 Å². The predicted octanol–water partition coefficient (Wildman–Crippen LogP) is 2.44. The lowest BCUT2D eigenvalue weighted by molar-refractivity contribution is 0.138. The average Bonchev–Trinajstić information content (AvgIpc) is 3.16. The third kappa shape index (κ3) is 4.06. The van der Waals surface area contributed by atoms with Crippen molar-refractivity contribution in [1.29, 1.82) is 0 Å². The minimum absolute atomic E-state index is 0.0113.